The van der Waals surface area contributed by atoms with Crippen LogP contribution in [-0.4, -0.2) is 60.7 Å². The van der Waals surface area contributed by atoms with Gasteiger partial charge in [0, 0.05) is 42.7 Å². The van der Waals surface area contributed by atoms with Gasteiger partial charge in [-0.25, -0.2) is 0 Å². The summed E-state index contributed by atoms with van der Waals surface area (Å²) in [5.74, 6) is 0.630. The molecule has 8 nitrogen and oxygen atoms in total. The number of hydrogen-bond donors (Lipinski definition) is 4. The van der Waals surface area contributed by atoms with Crippen LogP contribution in [0.4, 0.5) is 0 Å². The molecule has 2 aromatic rings. The normalized spacial score (nSPS) is 20.9. The summed E-state index contributed by atoms with van der Waals surface area (Å²) in [5.41, 5.74) is 9.18. The lowest BCUT2D eigenvalue weighted by Gasteiger charge is -2.26. The number of rotatable bonds is 6. The lowest BCUT2D eigenvalue weighted by molar-refractivity contribution is 0.0715. The number of carbonyl (C=O) groups is 2. The fourth-order valence-corrected chi connectivity index (χ4v) is 4.62. The second kappa shape index (κ2) is 9.91. The van der Waals surface area contributed by atoms with Crippen molar-refractivity contribution >= 4 is 11.8 Å². The van der Waals surface area contributed by atoms with E-state index in [2.05, 4.69) is 16.2 Å². The minimum absolute atomic E-state index is 0.0290. The van der Waals surface area contributed by atoms with Crippen LogP contribution in [0, 0.1) is 0 Å². The highest BCUT2D eigenvalue weighted by Crippen LogP contribution is 2.35. The van der Waals surface area contributed by atoms with Gasteiger partial charge in [-0.2, -0.15) is 0 Å². The van der Waals surface area contributed by atoms with E-state index < -0.39 is 6.10 Å². The van der Waals surface area contributed by atoms with Crippen LogP contribution in [0.15, 0.2) is 42.5 Å². The number of nitrogens with one attached hydrogen (secondary N) is 3. The van der Waals surface area contributed by atoms with Crippen LogP contribution in [0.2, 0.25) is 0 Å². The molecule has 1 unspecified atom stereocenters. The highest BCUT2D eigenvalue weighted by atomic mass is 16.5. The summed E-state index contributed by atoms with van der Waals surface area (Å²) >= 11 is 0. The van der Waals surface area contributed by atoms with Crippen LogP contribution in [0.25, 0.3) is 0 Å². The summed E-state index contributed by atoms with van der Waals surface area (Å²) in [5, 5.41) is 13.3. The molecule has 176 valence electrons. The van der Waals surface area contributed by atoms with E-state index >= 15 is 0 Å². The Morgan fingerprint density at radius 3 is 2.58 bits per heavy atom. The first-order valence-corrected chi connectivity index (χ1v) is 11.4. The van der Waals surface area contributed by atoms with E-state index in [0.717, 1.165) is 24.2 Å². The Balaban J connectivity index is 1.59. The molecule has 0 aliphatic carbocycles. The first-order valence-electron chi connectivity index (χ1n) is 11.4. The van der Waals surface area contributed by atoms with Gasteiger partial charge in [-0.1, -0.05) is 18.2 Å². The lowest BCUT2D eigenvalue weighted by atomic mass is 9.97. The average molecular weight is 453 g/mol. The fraction of sp³-hybridized carbons (Fsp3) is 0.440. The molecular weight excluding hydrogens is 420 g/mol. The van der Waals surface area contributed by atoms with Gasteiger partial charge in [-0.15, -0.1) is 0 Å². The number of benzene rings is 2. The molecule has 0 saturated carbocycles. The van der Waals surface area contributed by atoms with Gasteiger partial charge >= 0.3 is 0 Å². The summed E-state index contributed by atoms with van der Waals surface area (Å²) < 4.78 is 5.60. The smallest absolute Gasteiger partial charge is 0.254 e. The Hall–Kier alpha value is -2.94. The van der Waals surface area contributed by atoms with Gasteiger partial charge in [0.2, 0.25) is 0 Å². The van der Waals surface area contributed by atoms with Crippen molar-refractivity contribution in [3.05, 3.63) is 64.7 Å². The van der Waals surface area contributed by atoms with Gasteiger partial charge in [0.25, 0.3) is 11.8 Å². The van der Waals surface area contributed by atoms with Crippen LogP contribution in [0.1, 0.15) is 64.1 Å². The summed E-state index contributed by atoms with van der Waals surface area (Å²) in [6, 6.07) is 12.6. The van der Waals surface area contributed by atoms with E-state index in [9.17, 15) is 14.7 Å². The molecule has 2 aliphatic rings. The second-order valence-corrected chi connectivity index (χ2v) is 9.03. The number of hydrazine groups is 1. The monoisotopic (exact) mass is 452 g/mol. The SMILES string of the molecule is COc1cc(C(=O)N2CC(O)C[C@@H]2c2cccc(C(=O)NC(C)C)c2)ccc1C1CNNC1. The van der Waals surface area contributed by atoms with Crippen molar-refractivity contribution in [2.75, 3.05) is 26.7 Å². The number of ether oxygens (including phenoxy) is 1. The topological polar surface area (TPSA) is 103 Å². The average Bonchev–Trinajstić information content (AvgIpc) is 3.48. The first-order chi connectivity index (χ1) is 15.9. The van der Waals surface area contributed by atoms with Gasteiger partial charge in [-0.05, 0) is 55.7 Å². The van der Waals surface area contributed by atoms with Crippen LogP contribution in [0.3, 0.4) is 0 Å². The molecule has 33 heavy (non-hydrogen) atoms. The number of likely N-dealkylation sites (tertiary alicyclic amines) is 1. The Morgan fingerprint density at radius 2 is 1.88 bits per heavy atom. The zero-order valence-electron chi connectivity index (χ0n) is 19.3. The summed E-state index contributed by atoms with van der Waals surface area (Å²) in [6.45, 7) is 5.66. The quantitative estimate of drug-likeness (QED) is 0.535. The van der Waals surface area contributed by atoms with Crippen molar-refractivity contribution in [1.82, 2.24) is 21.1 Å². The van der Waals surface area contributed by atoms with Gasteiger partial charge in [0.15, 0.2) is 0 Å². The van der Waals surface area contributed by atoms with E-state index in [1.807, 2.05) is 44.2 Å². The molecule has 4 N–H and O–H groups in total. The van der Waals surface area contributed by atoms with Crippen LogP contribution in [0.5, 0.6) is 5.75 Å². The van der Waals surface area contributed by atoms with Crippen LogP contribution < -0.4 is 20.9 Å². The Kier molecular flexibility index (Phi) is 6.97. The van der Waals surface area contributed by atoms with Crippen molar-refractivity contribution in [2.45, 2.75) is 44.4 Å². The zero-order valence-corrected chi connectivity index (χ0v) is 19.3. The third-order valence-corrected chi connectivity index (χ3v) is 6.24. The molecular formula is C25H32N4O4. The maximum absolute atomic E-state index is 13.5. The Morgan fingerprint density at radius 1 is 1.12 bits per heavy atom. The molecule has 4 rings (SSSR count). The highest BCUT2D eigenvalue weighted by molar-refractivity contribution is 5.96. The van der Waals surface area contributed by atoms with E-state index in [1.54, 1.807) is 24.1 Å². The third-order valence-electron chi connectivity index (χ3n) is 6.24. The summed E-state index contributed by atoms with van der Waals surface area (Å²) in [4.78, 5) is 27.7. The molecule has 2 saturated heterocycles. The van der Waals surface area contributed by atoms with Gasteiger partial charge in [0.1, 0.15) is 5.75 Å². The molecule has 2 atom stereocenters. The summed E-state index contributed by atoms with van der Waals surface area (Å²) in [7, 11) is 1.61. The number of amides is 2. The first kappa shape index (κ1) is 23.2. The minimum Gasteiger partial charge on any atom is -0.496 e. The molecule has 2 aromatic carbocycles. The lowest BCUT2D eigenvalue weighted by Crippen LogP contribution is -2.32. The molecule has 0 radical (unpaired) electrons. The van der Waals surface area contributed by atoms with Crippen molar-refractivity contribution in [1.29, 1.82) is 0 Å². The van der Waals surface area contributed by atoms with Gasteiger partial charge < -0.3 is 20.1 Å². The van der Waals surface area contributed by atoms with Crippen LogP contribution >= 0.6 is 0 Å². The van der Waals surface area contributed by atoms with Crippen molar-refractivity contribution in [3.63, 3.8) is 0 Å². The number of β-amino-alcohol motifs (C(OH)–C–C–N with tert-alkyl or cyclic N) is 1. The second-order valence-electron chi connectivity index (χ2n) is 9.03. The molecule has 2 fully saturated rings. The third kappa shape index (κ3) is 5.03. The molecule has 2 amide bonds. The number of aliphatic hydroxyl groups is 1. The standard InChI is InChI=1S/C25H32N4O4/c1-15(2)28-24(31)17-6-4-5-16(9-17)22-11-20(30)14-29(22)25(32)18-7-8-21(23(10-18)33-3)19-12-26-27-13-19/h4-10,15,19-20,22,26-27,30H,11-14H2,1-3H3,(H,28,31)/t20?,22-/m1/s1. The van der Waals surface area contributed by atoms with Crippen molar-refractivity contribution in [3.8, 4) is 5.75 Å². The minimum atomic E-state index is -0.621. The van der Waals surface area contributed by atoms with Gasteiger partial charge in [-0.3, -0.25) is 20.4 Å². The fourth-order valence-electron chi connectivity index (χ4n) is 4.62. The highest BCUT2D eigenvalue weighted by Gasteiger charge is 2.36. The maximum Gasteiger partial charge on any atom is 0.254 e. The number of carbonyl (C=O) groups excluding carboxylic acids is 2. The summed E-state index contributed by atoms with van der Waals surface area (Å²) in [6.07, 6.45) is -0.195. The zero-order chi connectivity index (χ0) is 23.5. The predicted octanol–water partition coefficient (Wildman–Crippen LogP) is 1.97. The van der Waals surface area contributed by atoms with Gasteiger partial charge in [0.05, 0.1) is 19.3 Å². The predicted molar refractivity (Wildman–Crippen MR) is 125 cm³/mol. The maximum atomic E-state index is 13.5. The van der Waals surface area contributed by atoms with Crippen LogP contribution in [-0.2, 0) is 0 Å². The van der Waals surface area contributed by atoms with E-state index in [4.69, 9.17) is 4.74 Å². The number of hydrogen-bond acceptors (Lipinski definition) is 6. The Bertz CT molecular complexity index is 1020. The molecule has 0 spiro atoms. The van der Waals surface area contributed by atoms with E-state index in [1.165, 1.54) is 0 Å². The van der Waals surface area contributed by atoms with E-state index in [-0.39, 0.29) is 36.4 Å². The largest absolute Gasteiger partial charge is 0.496 e. The number of nitrogens with zero attached hydrogens (tertiary/aromatic N) is 1. The van der Waals surface area contributed by atoms with Crippen molar-refractivity contribution < 1.29 is 19.4 Å². The molecule has 2 aliphatic heterocycles. The number of aliphatic hydroxyl groups excluding tert-OH is 1. The van der Waals surface area contributed by atoms with E-state index in [0.29, 0.717) is 23.3 Å². The molecule has 0 bridgehead atoms. The number of methoxy groups -OCH3 is 1. The van der Waals surface area contributed by atoms with Crippen molar-refractivity contribution in [2.24, 2.45) is 0 Å². The Labute approximate surface area is 194 Å². The molecule has 0 aromatic heterocycles. The molecule has 2 heterocycles. The molecule has 8 heteroatoms.